The molecular weight excluding hydrogens is 208 g/mol. The molecule has 0 aromatic carbocycles. The monoisotopic (exact) mass is 222 g/mol. The Hall–Kier alpha value is -2.14. The Labute approximate surface area is 102 Å². The molecule has 1 aromatic rings. The highest BCUT2D eigenvalue weighted by atomic mass is 14.7. The molecule has 2 heteroatoms. The molecule has 0 radical (unpaired) electrons. The van der Waals surface area contributed by atoms with Crippen LogP contribution in [0.4, 0.5) is 0 Å². The number of hydrogen-bond donors (Lipinski definition) is 0. The van der Waals surface area contributed by atoms with Gasteiger partial charge in [0.2, 0.25) is 0 Å². The lowest BCUT2D eigenvalue weighted by atomic mass is 9.95. The van der Waals surface area contributed by atoms with Crippen molar-refractivity contribution >= 4 is 0 Å². The van der Waals surface area contributed by atoms with Crippen LogP contribution in [0.5, 0.6) is 0 Å². The molecule has 0 atom stereocenters. The summed E-state index contributed by atoms with van der Waals surface area (Å²) in [6.07, 6.45) is 3.65. The molecule has 3 rings (SSSR count). The Bertz CT molecular complexity index is 515. The lowest BCUT2D eigenvalue weighted by Crippen LogP contribution is -1.92. The Morgan fingerprint density at radius 1 is 1.12 bits per heavy atom. The Morgan fingerprint density at radius 2 is 1.76 bits per heavy atom. The van der Waals surface area contributed by atoms with Crippen molar-refractivity contribution in [2.45, 2.75) is 19.8 Å². The zero-order valence-corrected chi connectivity index (χ0v) is 9.85. The second-order valence-corrected chi connectivity index (χ2v) is 3.94. The van der Waals surface area contributed by atoms with E-state index in [1.54, 1.807) is 18.3 Å². The number of pyridine rings is 1. The predicted molar refractivity (Wildman–Crippen MR) is 68.4 cm³/mol. The number of nitrogens with zero attached hydrogens (tertiary/aromatic N) is 2. The maximum absolute atomic E-state index is 8.66. The normalized spacial score (nSPS) is 9.88. The smallest absolute Gasteiger partial charge is 0.101 e. The summed E-state index contributed by atoms with van der Waals surface area (Å²) in [4.78, 5) is 4.12. The zero-order valence-electron chi connectivity index (χ0n) is 9.85. The van der Waals surface area contributed by atoms with Gasteiger partial charge in [-0.05, 0) is 29.7 Å². The van der Waals surface area contributed by atoms with Gasteiger partial charge in [0.05, 0.1) is 11.3 Å². The highest BCUT2D eigenvalue weighted by molar-refractivity contribution is 5.75. The quantitative estimate of drug-likeness (QED) is 0.664. The number of aryl methyl sites for hydroxylation is 1. The van der Waals surface area contributed by atoms with Crippen LogP contribution in [0.25, 0.3) is 11.1 Å². The third kappa shape index (κ3) is 2.51. The lowest BCUT2D eigenvalue weighted by Gasteiger charge is -2.10. The third-order valence-corrected chi connectivity index (χ3v) is 2.72. The van der Waals surface area contributed by atoms with E-state index in [1.807, 2.05) is 0 Å². The summed E-state index contributed by atoms with van der Waals surface area (Å²) in [6, 6.07) is 14.2. The number of rotatable bonds is 2. The largest absolute Gasteiger partial charge is 0.260 e. The summed E-state index contributed by atoms with van der Waals surface area (Å²) < 4.78 is 0. The summed E-state index contributed by atoms with van der Waals surface area (Å²) in [5.41, 5.74) is 4.47. The van der Waals surface area contributed by atoms with Crippen LogP contribution in [-0.2, 0) is 6.42 Å². The Balaban J connectivity index is 0.000000148. The van der Waals surface area contributed by atoms with E-state index in [-0.39, 0.29) is 0 Å². The number of hydrogen-bond acceptors (Lipinski definition) is 2. The molecule has 0 fully saturated rings. The molecule has 17 heavy (non-hydrogen) atoms. The van der Waals surface area contributed by atoms with E-state index in [2.05, 4.69) is 42.2 Å². The van der Waals surface area contributed by atoms with Gasteiger partial charge in [0, 0.05) is 6.20 Å². The van der Waals surface area contributed by atoms with Crippen molar-refractivity contribution in [2.24, 2.45) is 0 Å². The zero-order chi connectivity index (χ0) is 12.1. The highest BCUT2D eigenvalue weighted by Gasteiger charge is 2.04. The minimum atomic E-state index is 0.703. The first-order valence-corrected chi connectivity index (χ1v) is 5.79. The molecular formula is C15H14N2. The molecule has 1 aromatic heterocycles. The van der Waals surface area contributed by atoms with Crippen LogP contribution < -0.4 is 0 Å². The average molecular weight is 222 g/mol. The highest BCUT2D eigenvalue weighted by Crippen LogP contribution is 2.29. The summed E-state index contributed by atoms with van der Waals surface area (Å²) in [5.74, 6) is 0. The first-order valence-electron chi connectivity index (χ1n) is 5.79. The SMILES string of the molecule is CCCc1ncccc1C#N.c1cc2ccc1-2. The van der Waals surface area contributed by atoms with Crippen LogP contribution in [0.15, 0.2) is 42.6 Å². The number of aromatic nitrogens is 1. The summed E-state index contributed by atoms with van der Waals surface area (Å²) in [5, 5.41) is 8.66. The van der Waals surface area contributed by atoms with Crippen LogP contribution in [0.2, 0.25) is 0 Å². The molecule has 0 amide bonds. The molecule has 2 nitrogen and oxygen atoms in total. The second-order valence-electron chi connectivity index (χ2n) is 3.94. The molecule has 0 saturated carbocycles. The fraction of sp³-hybridized carbons (Fsp3) is 0.200. The van der Waals surface area contributed by atoms with Crippen molar-refractivity contribution in [2.75, 3.05) is 0 Å². The van der Waals surface area contributed by atoms with Crippen molar-refractivity contribution in [3.05, 3.63) is 53.9 Å². The molecule has 84 valence electrons. The summed E-state index contributed by atoms with van der Waals surface area (Å²) in [7, 11) is 0. The maximum Gasteiger partial charge on any atom is 0.101 e. The first-order chi connectivity index (χ1) is 8.35. The van der Waals surface area contributed by atoms with Crippen LogP contribution >= 0.6 is 0 Å². The van der Waals surface area contributed by atoms with E-state index in [4.69, 9.17) is 5.26 Å². The van der Waals surface area contributed by atoms with Gasteiger partial charge in [-0.15, -0.1) is 0 Å². The molecule has 0 bridgehead atoms. The third-order valence-electron chi connectivity index (χ3n) is 2.72. The van der Waals surface area contributed by atoms with Gasteiger partial charge in [-0.3, -0.25) is 4.98 Å². The van der Waals surface area contributed by atoms with E-state index in [0.717, 1.165) is 18.5 Å². The van der Waals surface area contributed by atoms with Gasteiger partial charge in [-0.2, -0.15) is 5.26 Å². The number of fused-ring (bicyclic) bond motifs is 1. The van der Waals surface area contributed by atoms with Crippen molar-refractivity contribution < 1.29 is 0 Å². The fourth-order valence-corrected chi connectivity index (χ4v) is 1.64. The molecule has 0 N–H and O–H groups in total. The van der Waals surface area contributed by atoms with E-state index >= 15 is 0 Å². The van der Waals surface area contributed by atoms with Crippen molar-refractivity contribution in [3.8, 4) is 17.2 Å². The van der Waals surface area contributed by atoms with Crippen LogP contribution in [0, 0.1) is 11.3 Å². The van der Waals surface area contributed by atoms with Gasteiger partial charge >= 0.3 is 0 Å². The van der Waals surface area contributed by atoms with E-state index in [9.17, 15) is 0 Å². The van der Waals surface area contributed by atoms with Crippen LogP contribution in [-0.4, -0.2) is 4.98 Å². The Morgan fingerprint density at radius 3 is 2.18 bits per heavy atom. The van der Waals surface area contributed by atoms with Gasteiger partial charge < -0.3 is 0 Å². The minimum absolute atomic E-state index is 0.703. The number of benzene rings is 1. The minimum Gasteiger partial charge on any atom is -0.260 e. The van der Waals surface area contributed by atoms with E-state index in [1.165, 1.54) is 11.1 Å². The van der Waals surface area contributed by atoms with E-state index in [0.29, 0.717) is 5.56 Å². The lowest BCUT2D eigenvalue weighted by molar-refractivity contribution is 0.878. The standard InChI is InChI=1S/C9H10N2.C6H4/c1-2-4-9-8(7-10)5-3-6-11-9;1-2-6-4-3-5(1)6/h3,5-6H,2,4H2,1H3;1-4H. The van der Waals surface area contributed by atoms with Gasteiger partial charge in [-0.25, -0.2) is 0 Å². The summed E-state index contributed by atoms with van der Waals surface area (Å²) >= 11 is 0. The van der Waals surface area contributed by atoms with Gasteiger partial charge in [0.15, 0.2) is 0 Å². The molecule has 0 aliphatic heterocycles. The summed E-state index contributed by atoms with van der Waals surface area (Å²) in [6.45, 7) is 2.08. The van der Waals surface area contributed by atoms with Crippen molar-refractivity contribution in [1.29, 1.82) is 5.26 Å². The topological polar surface area (TPSA) is 36.7 Å². The fourth-order valence-electron chi connectivity index (χ4n) is 1.64. The van der Waals surface area contributed by atoms with Gasteiger partial charge in [-0.1, -0.05) is 37.6 Å². The van der Waals surface area contributed by atoms with Crippen molar-refractivity contribution in [1.82, 2.24) is 4.98 Å². The van der Waals surface area contributed by atoms with Crippen LogP contribution in [0.1, 0.15) is 24.6 Å². The first kappa shape index (κ1) is 11.3. The second kappa shape index (κ2) is 5.27. The maximum atomic E-state index is 8.66. The van der Waals surface area contributed by atoms with Crippen molar-refractivity contribution in [3.63, 3.8) is 0 Å². The van der Waals surface area contributed by atoms with Crippen LogP contribution in [0.3, 0.4) is 0 Å². The molecule has 1 heterocycles. The predicted octanol–water partition coefficient (Wildman–Crippen LogP) is 3.57. The molecule has 0 spiro atoms. The molecule has 2 aliphatic carbocycles. The molecule has 0 saturated heterocycles. The van der Waals surface area contributed by atoms with Gasteiger partial charge in [0.25, 0.3) is 0 Å². The molecule has 2 aliphatic rings. The van der Waals surface area contributed by atoms with Gasteiger partial charge in [0.1, 0.15) is 6.07 Å². The van der Waals surface area contributed by atoms with E-state index < -0.39 is 0 Å². The number of nitriles is 1. The average Bonchev–Trinajstić information content (AvgIpc) is 2.35. The Kier molecular flexibility index (Phi) is 3.52. The molecule has 0 unspecified atom stereocenters.